The lowest BCUT2D eigenvalue weighted by Gasteiger charge is -2.06. The highest BCUT2D eigenvalue weighted by molar-refractivity contribution is 7.90. The molecule has 116 valence electrons. The number of rotatable bonds is 6. The molecule has 0 atom stereocenters. The van der Waals surface area contributed by atoms with Gasteiger partial charge in [0.05, 0.1) is 11.5 Å². The monoisotopic (exact) mass is 318 g/mol. The third-order valence-electron chi connectivity index (χ3n) is 3.03. The maximum atomic E-state index is 12.0. The number of pyridine rings is 1. The van der Waals surface area contributed by atoms with Crippen molar-refractivity contribution >= 4 is 21.6 Å². The van der Waals surface area contributed by atoms with Gasteiger partial charge in [0.25, 0.3) is 0 Å². The van der Waals surface area contributed by atoms with Crippen LogP contribution in [0.3, 0.4) is 0 Å². The molecular formula is C16H18N2O3S. The Balaban J connectivity index is 1.87. The Bertz CT molecular complexity index is 743. The van der Waals surface area contributed by atoms with Gasteiger partial charge in [-0.05, 0) is 24.6 Å². The number of carbonyl (C=O) groups is 1. The third-order valence-corrected chi connectivity index (χ3v) is 4.62. The first-order valence-electron chi connectivity index (χ1n) is 6.92. The average molecular weight is 318 g/mol. The molecule has 0 unspecified atom stereocenters. The van der Waals surface area contributed by atoms with Crippen LogP contribution in [0.15, 0.2) is 48.5 Å². The lowest BCUT2D eigenvalue weighted by Crippen LogP contribution is -2.19. The maximum absolute atomic E-state index is 12.0. The molecule has 0 aliphatic heterocycles. The summed E-state index contributed by atoms with van der Waals surface area (Å²) < 4.78 is 24.0. The first-order valence-corrected chi connectivity index (χ1v) is 8.75. The Morgan fingerprint density at radius 2 is 1.82 bits per heavy atom. The summed E-state index contributed by atoms with van der Waals surface area (Å²) >= 11 is 0. The number of amides is 1. The highest BCUT2D eigenvalue weighted by atomic mass is 32.2. The van der Waals surface area contributed by atoms with Crippen LogP contribution in [0, 0.1) is 6.92 Å². The normalized spacial score (nSPS) is 11.1. The second-order valence-corrected chi connectivity index (χ2v) is 7.22. The van der Waals surface area contributed by atoms with Gasteiger partial charge in [-0.3, -0.25) is 4.79 Å². The highest BCUT2D eigenvalue weighted by Crippen LogP contribution is 2.09. The molecular weight excluding hydrogens is 300 g/mol. The summed E-state index contributed by atoms with van der Waals surface area (Å²) in [6.45, 7) is 1.82. The molecule has 1 aromatic carbocycles. The largest absolute Gasteiger partial charge is 0.311 e. The van der Waals surface area contributed by atoms with Gasteiger partial charge in [0.1, 0.15) is 5.82 Å². The number of carbonyl (C=O) groups excluding carboxylic acids is 1. The Morgan fingerprint density at radius 3 is 2.50 bits per heavy atom. The van der Waals surface area contributed by atoms with Crippen LogP contribution in [0.1, 0.15) is 17.7 Å². The lowest BCUT2D eigenvalue weighted by atomic mass is 10.2. The molecule has 2 aromatic rings. The van der Waals surface area contributed by atoms with Gasteiger partial charge >= 0.3 is 0 Å². The first kappa shape index (κ1) is 16.2. The van der Waals surface area contributed by atoms with Crippen LogP contribution in [0.25, 0.3) is 0 Å². The maximum Gasteiger partial charge on any atom is 0.226 e. The molecule has 1 N–H and O–H groups in total. The van der Waals surface area contributed by atoms with Crippen molar-refractivity contribution < 1.29 is 13.2 Å². The van der Waals surface area contributed by atoms with Crippen LogP contribution < -0.4 is 5.32 Å². The molecule has 1 aromatic heterocycles. The summed E-state index contributed by atoms with van der Waals surface area (Å²) in [6.07, 6.45) is -0.0786. The second kappa shape index (κ2) is 7.17. The van der Waals surface area contributed by atoms with Crippen LogP contribution in [-0.2, 0) is 20.4 Å². The quantitative estimate of drug-likeness (QED) is 0.887. The molecule has 1 heterocycles. The van der Waals surface area contributed by atoms with Gasteiger partial charge < -0.3 is 5.32 Å². The van der Waals surface area contributed by atoms with Crippen molar-refractivity contribution in [2.45, 2.75) is 19.1 Å². The van der Waals surface area contributed by atoms with E-state index in [9.17, 15) is 13.2 Å². The van der Waals surface area contributed by atoms with E-state index in [1.165, 1.54) is 0 Å². The molecule has 0 aliphatic carbocycles. The minimum Gasteiger partial charge on any atom is -0.311 e. The molecule has 0 aliphatic rings. The number of anilines is 1. The Hall–Kier alpha value is -2.21. The molecule has 22 heavy (non-hydrogen) atoms. The van der Waals surface area contributed by atoms with E-state index in [4.69, 9.17) is 0 Å². The van der Waals surface area contributed by atoms with E-state index in [1.807, 2.05) is 19.1 Å². The first-order chi connectivity index (χ1) is 10.4. The van der Waals surface area contributed by atoms with Crippen molar-refractivity contribution in [2.24, 2.45) is 0 Å². The Labute approximate surface area is 130 Å². The van der Waals surface area contributed by atoms with Gasteiger partial charge in [-0.25, -0.2) is 13.4 Å². The Kier molecular flexibility index (Phi) is 5.27. The van der Waals surface area contributed by atoms with Crippen molar-refractivity contribution in [3.8, 4) is 0 Å². The lowest BCUT2D eigenvalue weighted by molar-refractivity contribution is -0.115. The van der Waals surface area contributed by atoms with E-state index in [0.717, 1.165) is 11.3 Å². The smallest absolute Gasteiger partial charge is 0.226 e. The van der Waals surface area contributed by atoms with Crippen LogP contribution in [0.4, 0.5) is 5.82 Å². The van der Waals surface area contributed by atoms with Gasteiger partial charge in [-0.1, -0.05) is 36.4 Å². The fourth-order valence-corrected chi connectivity index (χ4v) is 3.31. The SMILES string of the molecule is Cc1cccc(NC(=O)CCS(=O)(=O)Cc2ccccc2)n1. The fraction of sp³-hybridized carbons (Fsp3) is 0.250. The molecule has 0 spiro atoms. The van der Waals surface area contributed by atoms with Crippen molar-refractivity contribution in [2.75, 3.05) is 11.1 Å². The number of aromatic nitrogens is 1. The van der Waals surface area contributed by atoms with E-state index in [-0.39, 0.29) is 23.8 Å². The molecule has 6 heteroatoms. The third kappa shape index (κ3) is 5.29. The van der Waals surface area contributed by atoms with Gasteiger partial charge in [-0.2, -0.15) is 0 Å². The van der Waals surface area contributed by atoms with Crippen molar-refractivity contribution in [3.63, 3.8) is 0 Å². The summed E-state index contributed by atoms with van der Waals surface area (Å²) in [5.41, 5.74) is 1.51. The zero-order chi connectivity index (χ0) is 16.0. The molecule has 0 saturated heterocycles. The van der Waals surface area contributed by atoms with E-state index < -0.39 is 9.84 Å². The Morgan fingerprint density at radius 1 is 1.09 bits per heavy atom. The predicted octanol–water partition coefficient (Wildman–Crippen LogP) is 2.33. The average Bonchev–Trinajstić information content (AvgIpc) is 2.46. The zero-order valence-electron chi connectivity index (χ0n) is 12.3. The highest BCUT2D eigenvalue weighted by Gasteiger charge is 2.14. The van der Waals surface area contributed by atoms with Crippen LogP contribution in [0.5, 0.6) is 0 Å². The van der Waals surface area contributed by atoms with E-state index in [0.29, 0.717) is 5.82 Å². The van der Waals surface area contributed by atoms with Gasteiger partial charge in [-0.15, -0.1) is 0 Å². The minimum absolute atomic E-state index is 0.0518. The summed E-state index contributed by atoms with van der Waals surface area (Å²) in [4.78, 5) is 16.0. The second-order valence-electron chi connectivity index (χ2n) is 5.04. The van der Waals surface area contributed by atoms with Gasteiger partial charge in [0.15, 0.2) is 9.84 Å². The van der Waals surface area contributed by atoms with E-state index >= 15 is 0 Å². The number of nitrogens with zero attached hydrogens (tertiary/aromatic N) is 1. The topological polar surface area (TPSA) is 76.1 Å². The minimum atomic E-state index is -3.31. The van der Waals surface area contributed by atoms with E-state index in [1.54, 1.807) is 36.4 Å². The molecule has 2 rings (SSSR count). The molecule has 5 nitrogen and oxygen atoms in total. The summed E-state index contributed by atoms with van der Waals surface area (Å²) in [5.74, 6) is -0.149. The van der Waals surface area contributed by atoms with Gasteiger partial charge in [0.2, 0.25) is 5.91 Å². The van der Waals surface area contributed by atoms with E-state index in [2.05, 4.69) is 10.3 Å². The molecule has 0 fully saturated rings. The molecule has 0 bridgehead atoms. The van der Waals surface area contributed by atoms with Crippen molar-refractivity contribution in [3.05, 3.63) is 59.8 Å². The number of nitrogens with one attached hydrogen (secondary N) is 1. The standard InChI is InChI=1S/C16H18N2O3S/c1-13-6-5-9-15(17-13)18-16(19)10-11-22(20,21)12-14-7-3-2-4-8-14/h2-9H,10-12H2,1H3,(H,17,18,19). The van der Waals surface area contributed by atoms with Crippen LogP contribution in [-0.4, -0.2) is 25.1 Å². The molecule has 0 radical (unpaired) electrons. The summed E-state index contributed by atoms with van der Waals surface area (Å²) in [5, 5.41) is 2.60. The van der Waals surface area contributed by atoms with Crippen molar-refractivity contribution in [1.29, 1.82) is 0 Å². The summed E-state index contributed by atoms with van der Waals surface area (Å²) in [6, 6.07) is 14.2. The molecule has 0 saturated carbocycles. The van der Waals surface area contributed by atoms with Crippen LogP contribution in [0.2, 0.25) is 0 Å². The fourth-order valence-electron chi connectivity index (χ4n) is 1.97. The number of sulfone groups is 1. The number of hydrogen-bond donors (Lipinski definition) is 1. The zero-order valence-corrected chi connectivity index (χ0v) is 13.1. The molecule has 1 amide bonds. The van der Waals surface area contributed by atoms with Gasteiger partial charge in [0, 0.05) is 12.1 Å². The predicted molar refractivity (Wildman–Crippen MR) is 86.2 cm³/mol. The summed E-state index contributed by atoms with van der Waals surface area (Å²) in [7, 11) is -3.31. The number of benzene rings is 1. The van der Waals surface area contributed by atoms with Crippen molar-refractivity contribution in [1.82, 2.24) is 4.98 Å². The number of aryl methyl sites for hydroxylation is 1. The number of hydrogen-bond acceptors (Lipinski definition) is 4. The van der Waals surface area contributed by atoms with Crippen LogP contribution >= 0.6 is 0 Å².